The minimum atomic E-state index is -0.467. The summed E-state index contributed by atoms with van der Waals surface area (Å²) in [5, 5.41) is 6.70. The fourth-order valence-corrected chi connectivity index (χ4v) is 3.56. The summed E-state index contributed by atoms with van der Waals surface area (Å²) >= 11 is 2.04. The Morgan fingerprint density at radius 1 is 1.35 bits per heavy atom. The number of hydrogen-bond acceptors (Lipinski definition) is 4. The van der Waals surface area contributed by atoms with Gasteiger partial charge in [-0.25, -0.2) is 4.79 Å². The normalized spacial score (nSPS) is 19.7. The van der Waals surface area contributed by atoms with Crippen LogP contribution in [0.5, 0.6) is 0 Å². The lowest BCUT2D eigenvalue weighted by molar-refractivity contribution is 0.0529. The number of carbonyl (C=O) groups excluding carboxylic acids is 1. The van der Waals surface area contributed by atoms with Crippen molar-refractivity contribution in [1.82, 2.24) is 15.5 Å². The molecule has 1 atom stereocenters. The number of guanidine groups is 1. The Morgan fingerprint density at radius 3 is 2.57 bits per heavy atom. The van der Waals surface area contributed by atoms with E-state index in [0.29, 0.717) is 24.3 Å². The highest BCUT2D eigenvalue weighted by molar-refractivity contribution is 8.00. The molecule has 1 rings (SSSR count). The van der Waals surface area contributed by atoms with Crippen molar-refractivity contribution in [3.05, 3.63) is 0 Å². The third kappa shape index (κ3) is 7.81. The van der Waals surface area contributed by atoms with Gasteiger partial charge in [0.25, 0.3) is 0 Å². The summed E-state index contributed by atoms with van der Waals surface area (Å²) in [7, 11) is 1.80. The molecule has 7 heteroatoms. The van der Waals surface area contributed by atoms with Crippen LogP contribution in [0, 0.1) is 5.92 Å². The summed E-state index contributed by atoms with van der Waals surface area (Å²) < 4.78 is 5.21. The van der Waals surface area contributed by atoms with Crippen LogP contribution < -0.4 is 10.6 Å². The highest BCUT2D eigenvalue weighted by atomic mass is 32.2. The third-order valence-electron chi connectivity index (χ3n) is 3.42. The van der Waals surface area contributed by atoms with Gasteiger partial charge in [0.2, 0.25) is 0 Å². The quantitative estimate of drug-likeness (QED) is 0.465. The number of thioether (sulfide) groups is 1. The van der Waals surface area contributed by atoms with Gasteiger partial charge in [-0.15, -0.1) is 0 Å². The molecule has 0 spiro atoms. The van der Waals surface area contributed by atoms with Crippen molar-refractivity contribution >= 4 is 23.8 Å². The molecule has 0 saturated carbocycles. The average Bonchev–Trinajstić information content (AvgIpc) is 2.45. The number of carbonyl (C=O) groups is 1. The van der Waals surface area contributed by atoms with E-state index in [0.717, 1.165) is 24.8 Å². The molecule has 2 N–H and O–H groups in total. The second-order valence-corrected chi connectivity index (χ2v) is 8.35. The third-order valence-corrected chi connectivity index (χ3v) is 4.96. The number of nitrogens with one attached hydrogen (secondary N) is 2. The van der Waals surface area contributed by atoms with Crippen molar-refractivity contribution in [1.29, 1.82) is 0 Å². The Labute approximate surface area is 144 Å². The Bertz CT molecular complexity index is 407. The molecule has 1 unspecified atom stereocenters. The molecule has 0 radical (unpaired) electrons. The van der Waals surface area contributed by atoms with E-state index in [2.05, 4.69) is 34.4 Å². The number of ether oxygens (including phenoxy) is 1. The number of alkyl carbamates (subject to hydrolysis) is 1. The Morgan fingerprint density at radius 2 is 2.00 bits per heavy atom. The van der Waals surface area contributed by atoms with Gasteiger partial charge in [-0.05, 0) is 26.7 Å². The minimum Gasteiger partial charge on any atom is -0.444 e. The summed E-state index contributed by atoms with van der Waals surface area (Å²) in [6.45, 7) is 13.2. The van der Waals surface area contributed by atoms with Crippen LogP contribution in [0.3, 0.4) is 0 Å². The molecule has 1 amide bonds. The van der Waals surface area contributed by atoms with Gasteiger partial charge in [-0.2, -0.15) is 11.8 Å². The first-order valence-corrected chi connectivity index (χ1v) is 9.32. The van der Waals surface area contributed by atoms with Gasteiger partial charge in [0.05, 0.1) is 0 Å². The van der Waals surface area contributed by atoms with Gasteiger partial charge in [0, 0.05) is 44.2 Å². The van der Waals surface area contributed by atoms with Crippen molar-refractivity contribution in [2.45, 2.75) is 45.5 Å². The van der Waals surface area contributed by atoms with Gasteiger partial charge < -0.3 is 20.3 Å². The second-order valence-electron chi connectivity index (χ2n) is 7.00. The van der Waals surface area contributed by atoms with Crippen LogP contribution in [0.25, 0.3) is 0 Å². The molecule has 0 aromatic carbocycles. The topological polar surface area (TPSA) is 66.0 Å². The molecule has 0 aliphatic carbocycles. The zero-order chi connectivity index (χ0) is 17.5. The lowest BCUT2D eigenvalue weighted by atomic mass is 10.1. The Hall–Kier alpha value is -1.11. The standard InChI is InChI=1S/C16H32N4O2S/c1-12(2)13-11-20(9-10-23-13)14(17-6)18-7-8-19-15(21)22-16(3,4)5/h12-13H,7-11H2,1-6H3,(H,17,18)(H,19,21). The zero-order valence-electron chi connectivity index (χ0n) is 15.3. The van der Waals surface area contributed by atoms with Crippen LogP contribution in [0.4, 0.5) is 4.79 Å². The maximum absolute atomic E-state index is 11.6. The Kier molecular flexibility index (Phi) is 8.02. The van der Waals surface area contributed by atoms with Gasteiger partial charge in [-0.1, -0.05) is 13.8 Å². The van der Waals surface area contributed by atoms with Crippen molar-refractivity contribution in [3.63, 3.8) is 0 Å². The lowest BCUT2D eigenvalue weighted by Crippen LogP contribution is -2.50. The number of nitrogens with zero attached hydrogens (tertiary/aromatic N) is 2. The molecule has 1 aliphatic rings. The first-order chi connectivity index (χ1) is 10.7. The van der Waals surface area contributed by atoms with Crippen LogP contribution in [-0.2, 0) is 4.74 Å². The maximum atomic E-state index is 11.6. The van der Waals surface area contributed by atoms with Gasteiger partial charge in [0.1, 0.15) is 5.60 Å². The molecule has 134 valence electrons. The SMILES string of the molecule is CN=C(NCCNC(=O)OC(C)(C)C)N1CCSC(C(C)C)C1. The second kappa shape index (κ2) is 9.25. The minimum absolute atomic E-state index is 0.386. The van der Waals surface area contributed by atoms with Crippen LogP contribution in [0.2, 0.25) is 0 Å². The maximum Gasteiger partial charge on any atom is 0.407 e. The summed E-state index contributed by atoms with van der Waals surface area (Å²) in [5.74, 6) is 2.69. The van der Waals surface area contributed by atoms with Gasteiger partial charge in [-0.3, -0.25) is 4.99 Å². The van der Waals surface area contributed by atoms with Crippen molar-refractivity contribution in [2.75, 3.05) is 39.0 Å². The highest BCUT2D eigenvalue weighted by Crippen LogP contribution is 2.24. The smallest absolute Gasteiger partial charge is 0.407 e. The molecule has 1 saturated heterocycles. The van der Waals surface area contributed by atoms with E-state index in [1.807, 2.05) is 32.5 Å². The van der Waals surface area contributed by atoms with E-state index in [1.165, 1.54) is 0 Å². The van der Waals surface area contributed by atoms with Gasteiger partial charge in [0.15, 0.2) is 5.96 Å². The first kappa shape index (κ1) is 19.9. The van der Waals surface area contributed by atoms with E-state index in [-0.39, 0.29) is 6.09 Å². The molecule has 1 aliphatic heterocycles. The first-order valence-electron chi connectivity index (χ1n) is 8.27. The van der Waals surface area contributed by atoms with E-state index in [1.54, 1.807) is 7.05 Å². The van der Waals surface area contributed by atoms with E-state index < -0.39 is 5.60 Å². The molecule has 6 nitrogen and oxygen atoms in total. The van der Waals surface area contributed by atoms with Crippen molar-refractivity contribution in [3.8, 4) is 0 Å². The summed E-state index contributed by atoms with van der Waals surface area (Å²) in [6, 6.07) is 0. The fraction of sp³-hybridized carbons (Fsp3) is 0.875. The van der Waals surface area contributed by atoms with E-state index >= 15 is 0 Å². The molecule has 1 fully saturated rings. The van der Waals surface area contributed by atoms with E-state index in [4.69, 9.17) is 4.74 Å². The zero-order valence-corrected chi connectivity index (χ0v) is 16.1. The number of hydrogen-bond donors (Lipinski definition) is 2. The van der Waals surface area contributed by atoms with Crippen molar-refractivity contribution in [2.24, 2.45) is 10.9 Å². The number of amides is 1. The van der Waals surface area contributed by atoms with Crippen LogP contribution in [0.1, 0.15) is 34.6 Å². The summed E-state index contributed by atoms with van der Waals surface area (Å²) in [4.78, 5) is 18.2. The molecule has 0 aromatic rings. The Balaban J connectivity index is 2.33. The fourth-order valence-electron chi connectivity index (χ4n) is 2.26. The lowest BCUT2D eigenvalue weighted by Gasteiger charge is -2.36. The van der Waals surface area contributed by atoms with Crippen LogP contribution >= 0.6 is 11.8 Å². The van der Waals surface area contributed by atoms with Gasteiger partial charge >= 0.3 is 6.09 Å². The average molecular weight is 345 g/mol. The van der Waals surface area contributed by atoms with E-state index in [9.17, 15) is 4.79 Å². The summed E-state index contributed by atoms with van der Waals surface area (Å²) in [5.41, 5.74) is -0.467. The summed E-state index contributed by atoms with van der Waals surface area (Å²) in [6.07, 6.45) is -0.386. The predicted octanol–water partition coefficient (Wildman–Crippen LogP) is 2.16. The number of aliphatic imine (C=N–C) groups is 1. The highest BCUT2D eigenvalue weighted by Gasteiger charge is 2.24. The number of rotatable bonds is 4. The molecule has 0 aromatic heterocycles. The predicted molar refractivity (Wildman–Crippen MR) is 98.3 cm³/mol. The van der Waals surface area contributed by atoms with Crippen LogP contribution in [0.15, 0.2) is 4.99 Å². The molecular formula is C16H32N4O2S. The molecule has 23 heavy (non-hydrogen) atoms. The molecular weight excluding hydrogens is 312 g/mol. The monoisotopic (exact) mass is 344 g/mol. The van der Waals surface area contributed by atoms with Crippen LogP contribution in [-0.4, -0.2) is 66.8 Å². The molecule has 1 heterocycles. The molecule has 0 bridgehead atoms. The van der Waals surface area contributed by atoms with Crippen molar-refractivity contribution < 1.29 is 9.53 Å². The largest absolute Gasteiger partial charge is 0.444 e.